The highest BCUT2D eigenvalue weighted by Crippen LogP contribution is 2.29. The molecule has 3 aromatic rings. The molecular formula is C15H16N6S3. The summed E-state index contributed by atoms with van der Waals surface area (Å²) in [7, 11) is 4.07. The number of hydrogen-bond acceptors (Lipinski definition) is 8. The number of rotatable bonds is 4. The zero-order chi connectivity index (χ0) is 16.5. The summed E-state index contributed by atoms with van der Waals surface area (Å²) in [6.45, 7) is 0.923. The molecular weight excluding hydrogens is 360 g/mol. The second kappa shape index (κ2) is 6.73. The van der Waals surface area contributed by atoms with Gasteiger partial charge in [-0.25, -0.2) is 0 Å². The van der Waals surface area contributed by atoms with E-state index >= 15 is 0 Å². The molecule has 0 fully saturated rings. The summed E-state index contributed by atoms with van der Waals surface area (Å²) in [6.07, 6.45) is 0. The minimum Gasteiger partial charge on any atom is -0.378 e. The van der Waals surface area contributed by atoms with Crippen LogP contribution in [0.4, 0.5) is 5.69 Å². The molecule has 0 aliphatic carbocycles. The molecule has 0 saturated carbocycles. The van der Waals surface area contributed by atoms with Gasteiger partial charge in [0.1, 0.15) is 9.38 Å². The minimum atomic E-state index is 0.746. The maximum absolute atomic E-state index is 4.70. The summed E-state index contributed by atoms with van der Waals surface area (Å²) in [5.41, 5.74) is 2.28. The molecule has 0 atom stereocenters. The second-order valence-electron chi connectivity index (χ2n) is 5.44. The Morgan fingerprint density at radius 1 is 1.21 bits per heavy atom. The molecule has 3 heterocycles. The molecule has 124 valence electrons. The summed E-state index contributed by atoms with van der Waals surface area (Å²) in [6, 6.07) is 8.40. The summed E-state index contributed by atoms with van der Waals surface area (Å²) < 4.78 is 2.99. The van der Waals surface area contributed by atoms with Gasteiger partial charge < -0.3 is 4.90 Å². The Labute approximate surface area is 152 Å². The number of aliphatic imine (C=N–C) groups is 1. The predicted molar refractivity (Wildman–Crippen MR) is 104 cm³/mol. The number of aromatic nitrogens is 4. The van der Waals surface area contributed by atoms with Crippen molar-refractivity contribution in [3.05, 3.63) is 30.1 Å². The van der Waals surface area contributed by atoms with Crippen LogP contribution in [0.2, 0.25) is 0 Å². The van der Waals surface area contributed by atoms with E-state index in [1.807, 2.05) is 30.4 Å². The molecule has 9 heteroatoms. The van der Waals surface area contributed by atoms with Crippen LogP contribution in [0.15, 0.2) is 29.3 Å². The van der Waals surface area contributed by atoms with Gasteiger partial charge in [-0.05, 0) is 24.3 Å². The second-order valence-corrected chi connectivity index (χ2v) is 8.71. The van der Waals surface area contributed by atoms with Crippen LogP contribution in [0.1, 0.15) is 5.82 Å². The highest BCUT2D eigenvalue weighted by Gasteiger charge is 2.15. The lowest BCUT2D eigenvalue weighted by molar-refractivity contribution is 0.888. The van der Waals surface area contributed by atoms with Crippen LogP contribution >= 0.6 is 34.9 Å². The Balaban J connectivity index is 1.56. The van der Waals surface area contributed by atoms with Crippen molar-refractivity contribution in [1.82, 2.24) is 19.8 Å². The third kappa shape index (κ3) is 3.15. The van der Waals surface area contributed by atoms with E-state index in [2.05, 4.69) is 44.4 Å². The van der Waals surface area contributed by atoms with Crippen molar-refractivity contribution >= 4 is 49.9 Å². The summed E-state index contributed by atoms with van der Waals surface area (Å²) in [5, 5.41) is 14.2. The summed E-state index contributed by atoms with van der Waals surface area (Å²) in [4.78, 5) is 7.37. The third-order valence-corrected chi connectivity index (χ3v) is 6.76. The maximum Gasteiger partial charge on any atom is 0.235 e. The SMILES string of the molecule is CN(C)c1ccc(-c2nn3c(CSC4=NCCS4)nnc3s2)cc1. The lowest BCUT2D eigenvalue weighted by atomic mass is 10.2. The molecule has 0 bridgehead atoms. The Hall–Kier alpha value is -1.58. The molecule has 1 aromatic carbocycles. The van der Waals surface area contributed by atoms with E-state index in [1.165, 1.54) is 5.69 Å². The molecule has 0 unspecified atom stereocenters. The first-order chi connectivity index (χ1) is 11.7. The molecule has 1 aliphatic heterocycles. The van der Waals surface area contributed by atoms with E-state index in [0.29, 0.717) is 0 Å². The highest BCUT2D eigenvalue weighted by molar-refractivity contribution is 8.38. The molecule has 0 spiro atoms. The van der Waals surface area contributed by atoms with E-state index in [9.17, 15) is 0 Å². The summed E-state index contributed by atoms with van der Waals surface area (Å²) >= 11 is 5.09. The molecule has 1 aliphatic rings. The number of hydrogen-bond donors (Lipinski definition) is 0. The van der Waals surface area contributed by atoms with Crippen molar-refractivity contribution in [1.29, 1.82) is 0 Å². The minimum absolute atomic E-state index is 0.746. The van der Waals surface area contributed by atoms with Crippen LogP contribution in [0.3, 0.4) is 0 Å². The first-order valence-corrected chi connectivity index (χ1v) is 10.3. The predicted octanol–water partition coefficient (Wildman–Crippen LogP) is 3.25. The fraction of sp³-hybridized carbons (Fsp3) is 0.333. The smallest absolute Gasteiger partial charge is 0.235 e. The number of thioether (sulfide) groups is 2. The van der Waals surface area contributed by atoms with E-state index in [-0.39, 0.29) is 0 Å². The fourth-order valence-corrected chi connectivity index (χ4v) is 5.07. The van der Waals surface area contributed by atoms with Crippen molar-refractivity contribution in [2.24, 2.45) is 4.99 Å². The molecule has 24 heavy (non-hydrogen) atoms. The van der Waals surface area contributed by atoms with E-state index < -0.39 is 0 Å². The molecule has 6 nitrogen and oxygen atoms in total. The van der Waals surface area contributed by atoms with Gasteiger partial charge in [0.25, 0.3) is 0 Å². The topological polar surface area (TPSA) is 58.7 Å². The number of benzene rings is 1. The van der Waals surface area contributed by atoms with Gasteiger partial charge in [-0.1, -0.05) is 34.9 Å². The van der Waals surface area contributed by atoms with Crippen LogP contribution in [-0.4, -0.2) is 50.6 Å². The van der Waals surface area contributed by atoms with E-state index in [4.69, 9.17) is 5.10 Å². The van der Waals surface area contributed by atoms with Gasteiger partial charge in [-0.2, -0.15) is 9.61 Å². The van der Waals surface area contributed by atoms with Crippen molar-refractivity contribution in [3.63, 3.8) is 0 Å². The average molecular weight is 377 g/mol. The highest BCUT2D eigenvalue weighted by atomic mass is 32.2. The van der Waals surface area contributed by atoms with Gasteiger partial charge >= 0.3 is 0 Å². The van der Waals surface area contributed by atoms with Gasteiger partial charge in [0.2, 0.25) is 4.96 Å². The monoisotopic (exact) mass is 376 g/mol. The lowest BCUT2D eigenvalue weighted by Crippen LogP contribution is -2.07. The molecule has 0 amide bonds. The first-order valence-electron chi connectivity index (χ1n) is 7.49. The van der Waals surface area contributed by atoms with Gasteiger partial charge in [0.05, 0.1) is 12.3 Å². The lowest BCUT2D eigenvalue weighted by Gasteiger charge is -2.11. The molecule has 0 radical (unpaired) electrons. The summed E-state index contributed by atoms with van der Waals surface area (Å²) in [5.74, 6) is 2.70. The van der Waals surface area contributed by atoms with Crippen molar-refractivity contribution < 1.29 is 0 Å². The Morgan fingerprint density at radius 3 is 2.75 bits per heavy atom. The van der Waals surface area contributed by atoms with Crippen molar-refractivity contribution in [3.8, 4) is 10.6 Å². The Bertz CT molecular complexity index is 880. The zero-order valence-corrected chi connectivity index (χ0v) is 15.8. The molecule has 0 N–H and O–H groups in total. The largest absolute Gasteiger partial charge is 0.378 e. The quantitative estimate of drug-likeness (QED) is 0.697. The van der Waals surface area contributed by atoms with Gasteiger partial charge in [-0.15, -0.1) is 10.2 Å². The maximum atomic E-state index is 4.70. The van der Waals surface area contributed by atoms with Gasteiger partial charge in [-0.3, -0.25) is 4.99 Å². The molecule has 0 saturated heterocycles. The number of nitrogens with zero attached hydrogens (tertiary/aromatic N) is 6. The van der Waals surface area contributed by atoms with Crippen LogP contribution in [0.25, 0.3) is 15.5 Å². The normalized spacial score (nSPS) is 14.3. The van der Waals surface area contributed by atoms with Crippen molar-refractivity contribution in [2.75, 3.05) is 31.3 Å². The Morgan fingerprint density at radius 2 is 2.04 bits per heavy atom. The zero-order valence-electron chi connectivity index (χ0n) is 13.3. The molecule has 4 rings (SSSR count). The molecule has 2 aromatic heterocycles. The van der Waals surface area contributed by atoms with E-state index in [0.717, 1.165) is 43.8 Å². The van der Waals surface area contributed by atoms with Gasteiger partial charge in [0, 0.05) is 31.1 Å². The van der Waals surface area contributed by atoms with E-state index in [1.54, 1.807) is 23.1 Å². The number of anilines is 1. The van der Waals surface area contributed by atoms with Crippen LogP contribution < -0.4 is 4.90 Å². The Kier molecular flexibility index (Phi) is 4.47. The third-order valence-electron chi connectivity index (χ3n) is 3.57. The first kappa shape index (κ1) is 15.9. The fourth-order valence-electron chi connectivity index (χ4n) is 2.30. The average Bonchev–Trinajstić information content (AvgIpc) is 3.30. The van der Waals surface area contributed by atoms with Crippen LogP contribution in [0.5, 0.6) is 0 Å². The van der Waals surface area contributed by atoms with Gasteiger partial charge in [0.15, 0.2) is 5.82 Å². The standard InChI is InChI=1S/C15H16N6S3/c1-20(2)11-5-3-10(4-6-11)13-19-21-12(17-18-14(21)24-13)9-23-15-16-7-8-22-15/h3-6H,7-9H2,1-2H3. The van der Waals surface area contributed by atoms with Crippen molar-refractivity contribution in [2.45, 2.75) is 5.75 Å². The van der Waals surface area contributed by atoms with Crippen LogP contribution in [0, 0.1) is 0 Å². The van der Waals surface area contributed by atoms with Crippen LogP contribution in [-0.2, 0) is 5.75 Å². The number of fused-ring (bicyclic) bond motifs is 1.